The molecule has 0 aromatic carbocycles. The third kappa shape index (κ3) is 2.34. The minimum atomic E-state index is -0.0162. The van der Waals surface area contributed by atoms with Gasteiger partial charge in [0.15, 0.2) is 5.82 Å². The summed E-state index contributed by atoms with van der Waals surface area (Å²) in [6.45, 7) is 3.83. The zero-order valence-corrected chi connectivity index (χ0v) is 7.13. The maximum atomic E-state index is 10.8. The standard InChI is InChI=1S/C7H11N3O2/c1-3-7(11)8-4-6-9-5(2)12-10-6/h3-4H2,1-2H3,(H,8,11). The topological polar surface area (TPSA) is 68.0 Å². The summed E-state index contributed by atoms with van der Waals surface area (Å²) >= 11 is 0. The van der Waals surface area contributed by atoms with Crippen LogP contribution in [0.1, 0.15) is 25.1 Å². The zero-order chi connectivity index (χ0) is 8.97. The molecule has 1 heterocycles. The molecule has 0 saturated heterocycles. The monoisotopic (exact) mass is 169 g/mol. The molecule has 0 saturated carbocycles. The Bertz CT molecular complexity index is 269. The van der Waals surface area contributed by atoms with Gasteiger partial charge in [-0.3, -0.25) is 4.79 Å². The molecule has 0 aliphatic rings. The number of hydrogen-bond donors (Lipinski definition) is 1. The lowest BCUT2D eigenvalue weighted by molar-refractivity contribution is -0.120. The molecule has 5 heteroatoms. The molecule has 5 nitrogen and oxygen atoms in total. The molecule has 1 aromatic heterocycles. The van der Waals surface area contributed by atoms with Gasteiger partial charge in [-0.1, -0.05) is 12.1 Å². The maximum absolute atomic E-state index is 10.8. The lowest BCUT2D eigenvalue weighted by atomic mass is 10.4. The quantitative estimate of drug-likeness (QED) is 0.711. The predicted molar refractivity (Wildman–Crippen MR) is 41.2 cm³/mol. The Morgan fingerprint density at radius 3 is 2.92 bits per heavy atom. The fourth-order valence-electron chi connectivity index (χ4n) is 0.716. The van der Waals surface area contributed by atoms with Crippen LogP contribution in [-0.2, 0) is 11.3 Å². The first kappa shape index (κ1) is 8.70. The summed E-state index contributed by atoms with van der Waals surface area (Å²) in [6, 6.07) is 0. The highest BCUT2D eigenvalue weighted by atomic mass is 16.5. The van der Waals surface area contributed by atoms with E-state index in [9.17, 15) is 4.79 Å². The molecular formula is C7H11N3O2. The summed E-state index contributed by atoms with van der Waals surface area (Å²) in [7, 11) is 0. The van der Waals surface area contributed by atoms with Crippen molar-refractivity contribution >= 4 is 5.91 Å². The lowest BCUT2D eigenvalue weighted by Crippen LogP contribution is -2.22. The van der Waals surface area contributed by atoms with Gasteiger partial charge in [-0.2, -0.15) is 4.98 Å². The Labute approximate surface area is 70.2 Å². The number of amides is 1. The molecule has 1 N–H and O–H groups in total. The van der Waals surface area contributed by atoms with Crippen molar-refractivity contribution < 1.29 is 9.32 Å². The second-order valence-electron chi connectivity index (χ2n) is 2.36. The summed E-state index contributed by atoms with van der Waals surface area (Å²) in [6.07, 6.45) is 0.469. The van der Waals surface area contributed by atoms with Crippen molar-refractivity contribution in [3.63, 3.8) is 0 Å². The van der Waals surface area contributed by atoms with Crippen LogP contribution in [0.4, 0.5) is 0 Å². The van der Waals surface area contributed by atoms with E-state index in [1.54, 1.807) is 13.8 Å². The van der Waals surface area contributed by atoms with Gasteiger partial charge in [0.25, 0.3) is 0 Å². The smallest absolute Gasteiger partial charge is 0.223 e. The Balaban J connectivity index is 2.38. The minimum Gasteiger partial charge on any atom is -0.349 e. The number of aromatic nitrogens is 2. The van der Waals surface area contributed by atoms with Crippen LogP contribution in [0.3, 0.4) is 0 Å². The number of carbonyl (C=O) groups excluding carboxylic acids is 1. The fraction of sp³-hybridized carbons (Fsp3) is 0.571. The third-order valence-corrected chi connectivity index (χ3v) is 1.33. The largest absolute Gasteiger partial charge is 0.349 e. The summed E-state index contributed by atoms with van der Waals surface area (Å²) in [5.74, 6) is 1.00. The second kappa shape index (κ2) is 3.85. The Morgan fingerprint density at radius 2 is 2.42 bits per heavy atom. The Kier molecular flexibility index (Phi) is 2.79. The van der Waals surface area contributed by atoms with Gasteiger partial charge < -0.3 is 9.84 Å². The van der Waals surface area contributed by atoms with Gasteiger partial charge in [0.05, 0.1) is 6.54 Å². The fourth-order valence-corrected chi connectivity index (χ4v) is 0.716. The molecule has 0 spiro atoms. The van der Waals surface area contributed by atoms with E-state index >= 15 is 0 Å². The van der Waals surface area contributed by atoms with E-state index in [0.717, 1.165) is 0 Å². The van der Waals surface area contributed by atoms with Crippen molar-refractivity contribution in [2.45, 2.75) is 26.8 Å². The number of rotatable bonds is 3. The lowest BCUT2D eigenvalue weighted by Gasteiger charge is -1.96. The van der Waals surface area contributed by atoms with Crippen LogP contribution in [0.25, 0.3) is 0 Å². The molecule has 1 rings (SSSR count). The summed E-state index contributed by atoms with van der Waals surface area (Å²) in [4.78, 5) is 14.7. The van der Waals surface area contributed by atoms with Crippen LogP contribution in [-0.4, -0.2) is 16.0 Å². The van der Waals surface area contributed by atoms with Crippen LogP contribution >= 0.6 is 0 Å². The Morgan fingerprint density at radius 1 is 1.67 bits per heavy atom. The second-order valence-corrected chi connectivity index (χ2v) is 2.36. The molecule has 1 amide bonds. The van der Waals surface area contributed by atoms with Gasteiger partial charge >= 0.3 is 0 Å². The molecular weight excluding hydrogens is 158 g/mol. The summed E-state index contributed by atoms with van der Waals surface area (Å²) < 4.78 is 4.72. The highest BCUT2D eigenvalue weighted by molar-refractivity contribution is 5.75. The van der Waals surface area contributed by atoms with Crippen LogP contribution < -0.4 is 5.32 Å². The van der Waals surface area contributed by atoms with Crippen molar-refractivity contribution in [1.29, 1.82) is 0 Å². The van der Waals surface area contributed by atoms with Crippen LogP contribution in [0.15, 0.2) is 4.52 Å². The van der Waals surface area contributed by atoms with Crippen molar-refractivity contribution in [3.05, 3.63) is 11.7 Å². The highest BCUT2D eigenvalue weighted by Crippen LogP contribution is 1.93. The number of aryl methyl sites for hydroxylation is 1. The molecule has 0 radical (unpaired) electrons. The van der Waals surface area contributed by atoms with Gasteiger partial charge in [-0.05, 0) is 0 Å². The third-order valence-electron chi connectivity index (χ3n) is 1.33. The molecule has 66 valence electrons. The zero-order valence-electron chi connectivity index (χ0n) is 7.13. The summed E-state index contributed by atoms with van der Waals surface area (Å²) in [5.41, 5.74) is 0. The molecule has 1 aromatic rings. The molecule has 0 fully saturated rings. The first-order chi connectivity index (χ1) is 5.72. The van der Waals surface area contributed by atoms with Crippen LogP contribution in [0.2, 0.25) is 0 Å². The molecule has 0 bridgehead atoms. The SMILES string of the molecule is CCC(=O)NCc1noc(C)n1. The minimum absolute atomic E-state index is 0.0162. The van der Waals surface area contributed by atoms with Gasteiger partial charge in [-0.15, -0.1) is 0 Å². The van der Waals surface area contributed by atoms with E-state index in [1.165, 1.54) is 0 Å². The van der Waals surface area contributed by atoms with E-state index < -0.39 is 0 Å². The maximum Gasteiger partial charge on any atom is 0.223 e. The van der Waals surface area contributed by atoms with E-state index in [-0.39, 0.29) is 5.91 Å². The molecule has 0 unspecified atom stereocenters. The summed E-state index contributed by atoms with van der Waals surface area (Å²) in [5, 5.41) is 6.26. The molecule has 0 aliphatic carbocycles. The Hall–Kier alpha value is -1.39. The van der Waals surface area contributed by atoms with Gasteiger partial charge in [0.1, 0.15) is 0 Å². The van der Waals surface area contributed by atoms with Crippen molar-refractivity contribution in [1.82, 2.24) is 15.5 Å². The first-order valence-corrected chi connectivity index (χ1v) is 3.78. The molecule has 0 aliphatic heterocycles. The molecule has 0 atom stereocenters. The average Bonchev–Trinajstić information content (AvgIpc) is 2.47. The van der Waals surface area contributed by atoms with Crippen LogP contribution in [0.5, 0.6) is 0 Å². The predicted octanol–water partition coefficient (Wildman–Crippen LogP) is 0.404. The van der Waals surface area contributed by atoms with Gasteiger partial charge in [0, 0.05) is 13.3 Å². The number of nitrogens with one attached hydrogen (secondary N) is 1. The number of hydrogen-bond acceptors (Lipinski definition) is 4. The number of carbonyl (C=O) groups is 1. The van der Waals surface area contributed by atoms with Crippen molar-refractivity contribution in [2.24, 2.45) is 0 Å². The molecule has 12 heavy (non-hydrogen) atoms. The van der Waals surface area contributed by atoms with E-state index in [0.29, 0.717) is 24.7 Å². The van der Waals surface area contributed by atoms with Gasteiger partial charge in [0.2, 0.25) is 11.8 Å². The van der Waals surface area contributed by atoms with Gasteiger partial charge in [-0.25, -0.2) is 0 Å². The van der Waals surface area contributed by atoms with E-state index in [2.05, 4.69) is 15.5 Å². The number of nitrogens with zero attached hydrogens (tertiary/aromatic N) is 2. The van der Waals surface area contributed by atoms with Crippen molar-refractivity contribution in [2.75, 3.05) is 0 Å². The highest BCUT2D eigenvalue weighted by Gasteiger charge is 2.02. The van der Waals surface area contributed by atoms with Crippen LogP contribution in [0, 0.1) is 6.92 Å². The average molecular weight is 169 g/mol. The normalized spacial score (nSPS) is 9.83. The van der Waals surface area contributed by atoms with E-state index in [1.807, 2.05) is 0 Å². The van der Waals surface area contributed by atoms with Crippen molar-refractivity contribution in [3.8, 4) is 0 Å². The first-order valence-electron chi connectivity index (χ1n) is 3.78. The van der Waals surface area contributed by atoms with E-state index in [4.69, 9.17) is 4.52 Å².